The third-order valence-corrected chi connectivity index (χ3v) is 4.12. The summed E-state index contributed by atoms with van der Waals surface area (Å²) in [5, 5.41) is 0. The monoisotopic (exact) mass is 269 g/mol. The summed E-state index contributed by atoms with van der Waals surface area (Å²) < 4.78 is 0. The fraction of sp³-hybridized carbons (Fsp3) is 0.412. The number of carbonyl (C=O) groups excluding carboxylic acids is 2. The molecule has 0 radical (unpaired) electrons. The van der Waals surface area contributed by atoms with Crippen LogP contribution in [0.2, 0.25) is 0 Å². The van der Waals surface area contributed by atoms with E-state index >= 15 is 0 Å². The molecule has 0 aromatic heterocycles. The molecule has 0 saturated carbocycles. The summed E-state index contributed by atoms with van der Waals surface area (Å²) in [6, 6.07) is 6.21. The van der Waals surface area contributed by atoms with E-state index in [2.05, 4.69) is 26.0 Å². The van der Waals surface area contributed by atoms with Gasteiger partial charge >= 0.3 is 0 Å². The second-order valence-corrected chi connectivity index (χ2v) is 6.02. The zero-order chi connectivity index (χ0) is 14.3. The van der Waals surface area contributed by atoms with Crippen molar-refractivity contribution in [1.29, 1.82) is 0 Å². The van der Waals surface area contributed by atoms with Gasteiger partial charge in [-0.2, -0.15) is 0 Å². The molecule has 1 heterocycles. The lowest BCUT2D eigenvalue weighted by molar-refractivity contribution is -0.139. The van der Waals surface area contributed by atoms with E-state index < -0.39 is 0 Å². The molecule has 1 aliphatic heterocycles. The van der Waals surface area contributed by atoms with Crippen LogP contribution in [-0.4, -0.2) is 16.7 Å². The molecule has 20 heavy (non-hydrogen) atoms. The highest BCUT2D eigenvalue weighted by Crippen LogP contribution is 2.39. The van der Waals surface area contributed by atoms with Crippen molar-refractivity contribution in [2.24, 2.45) is 5.92 Å². The van der Waals surface area contributed by atoms with E-state index in [1.165, 1.54) is 28.2 Å². The SMILES string of the molecule is CC(C)Cc1cccc2c1CC[C@@H]2N1C(=O)C=CC1=O. The maximum atomic E-state index is 11.9. The van der Waals surface area contributed by atoms with E-state index in [9.17, 15) is 9.59 Å². The summed E-state index contributed by atoms with van der Waals surface area (Å²) in [5.41, 5.74) is 3.87. The topological polar surface area (TPSA) is 37.4 Å². The molecule has 0 fully saturated rings. The molecular formula is C17H19NO2. The van der Waals surface area contributed by atoms with Crippen molar-refractivity contribution in [2.75, 3.05) is 0 Å². The summed E-state index contributed by atoms with van der Waals surface area (Å²) in [6.07, 6.45) is 5.61. The number of nitrogens with zero attached hydrogens (tertiary/aromatic N) is 1. The van der Waals surface area contributed by atoms with Gasteiger partial charge in [-0.1, -0.05) is 32.0 Å². The minimum atomic E-state index is -0.179. The van der Waals surface area contributed by atoms with Gasteiger partial charge in [0.2, 0.25) is 0 Å². The third-order valence-electron chi connectivity index (χ3n) is 4.12. The predicted octanol–water partition coefficient (Wildman–Crippen LogP) is 2.80. The highest BCUT2D eigenvalue weighted by molar-refractivity contribution is 6.13. The Morgan fingerprint density at radius 1 is 1.20 bits per heavy atom. The van der Waals surface area contributed by atoms with Crippen LogP contribution in [-0.2, 0) is 22.4 Å². The Balaban J connectivity index is 1.95. The minimum absolute atomic E-state index is 0.0767. The Morgan fingerprint density at radius 2 is 1.90 bits per heavy atom. The Labute approximate surface area is 119 Å². The van der Waals surface area contributed by atoms with Crippen LogP contribution in [0.4, 0.5) is 0 Å². The Kier molecular flexibility index (Phi) is 3.20. The van der Waals surface area contributed by atoms with Gasteiger partial charge in [0.05, 0.1) is 6.04 Å². The lowest BCUT2D eigenvalue weighted by atomic mass is 9.95. The lowest BCUT2D eigenvalue weighted by Gasteiger charge is -2.23. The third kappa shape index (κ3) is 2.07. The van der Waals surface area contributed by atoms with Crippen molar-refractivity contribution >= 4 is 11.8 Å². The molecule has 1 aromatic carbocycles. The highest BCUT2D eigenvalue weighted by atomic mass is 16.2. The number of rotatable bonds is 3. The van der Waals surface area contributed by atoms with Gasteiger partial charge in [0.1, 0.15) is 0 Å². The highest BCUT2D eigenvalue weighted by Gasteiger charge is 2.36. The molecule has 0 N–H and O–H groups in total. The summed E-state index contributed by atoms with van der Waals surface area (Å²) in [6.45, 7) is 4.42. The van der Waals surface area contributed by atoms with Gasteiger partial charge in [-0.05, 0) is 41.9 Å². The maximum Gasteiger partial charge on any atom is 0.254 e. The molecule has 1 atom stereocenters. The molecule has 0 spiro atoms. The van der Waals surface area contributed by atoms with Crippen molar-refractivity contribution < 1.29 is 9.59 Å². The van der Waals surface area contributed by atoms with Gasteiger partial charge in [-0.3, -0.25) is 14.5 Å². The number of amides is 2. The molecular weight excluding hydrogens is 250 g/mol. The second kappa shape index (κ2) is 4.89. The number of carbonyl (C=O) groups is 2. The first-order valence-electron chi connectivity index (χ1n) is 7.24. The Hall–Kier alpha value is -1.90. The van der Waals surface area contributed by atoms with Gasteiger partial charge < -0.3 is 0 Å². The number of fused-ring (bicyclic) bond motifs is 1. The van der Waals surface area contributed by atoms with Gasteiger partial charge in [-0.25, -0.2) is 0 Å². The Bertz CT molecular complexity index is 583. The van der Waals surface area contributed by atoms with E-state index in [0.29, 0.717) is 5.92 Å². The molecule has 0 bridgehead atoms. The molecule has 2 amide bonds. The molecule has 1 aromatic rings. The largest absolute Gasteiger partial charge is 0.269 e. The summed E-state index contributed by atoms with van der Waals surface area (Å²) in [7, 11) is 0. The molecule has 3 heteroatoms. The predicted molar refractivity (Wildman–Crippen MR) is 77.0 cm³/mol. The second-order valence-electron chi connectivity index (χ2n) is 6.02. The standard InChI is InChI=1S/C17H19NO2/c1-11(2)10-12-4-3-5-14-13(12)6-7-15(14)18-16(19)8-9-17(18)20/h3-5,8-9,11,15H,6-7,10H2,1-2H3/t15-/m0/s1. The molecule has 0 unspecified atom stereocenters. The Morgan fingerprint density at radius 3 is 2.55 bits per heavy atom. The first-order chi connectivity index (χ1) is 9.58. The van der Waals surface area contributed by atoms with Crippen LogP contribution < -0.4 is 0 Å². The van der Waals surface area contributed by atoms with Crippen molar-refractivity contribution in [3.8, 4) is 0 Å². The molecule has 3 nitrogen and oxygen atoms in total. The number of hydrogen-bond donors (Lipinski definition) is 0. The molecule has 0 saturated heterocycles. The lowest BCUT2D eigenvalue weighted by Crippen LogP contribution is -2.33. The number of hydrogen-bond acceptors (Lipinski definition) is 2. The van der Waals surface area contributed by atoms with Crippen molar-refractivity contribution in [2.45, 2.75) is 39.2 Å². The number of imide groups is 1. The smallest absolute Gasteiger partial charge is 0.254 e. The first-order valence-corrected chi connectivity index (χ1v) is 7.24. The van der Waals surface area contributed by atoms with Gasteiger partial charge in [-0.15, -0.1) is 0 Å². The fourth-order valence-corrected chi connectivity index (χ4v) is 3.33. The van der Waals surface area contributed by atoms with Crippen molar-refractivity contribution in [1.82, 2.24) is 4.90 Å². The van der Waals surface area contributed by atoms with Gasteiger partial charge in [0.25, 0.3) is 11.8 Å². The zero-order valence-corrected chi connectivity index (χ0v) is 11.9. The van der Waals surface area contributed by atoms with E-state index in [-0.39, 0.29) is 17.9 Å². The zero-order valence-electron chi connectivity index (χ0n) is 11.9. The average Bonchev–Trinajstić information content (AvgIpc) is 2.94. The molecule has 1 aliphatic carbocycles. The van der Waals surface area contributed by atoms with Crippen molar-refractivity contribution in [3.63, 3.8) is 0 Å². The molecule has 104 valence electrons. The van der Waals surface area contributed by atoms with E-state index in [4.69, 9.17) is 0 Å². The fourth-order valence-electron chi connectivity index (χ4n) is 3.33. The van der Waals surface area contributed by atoms with E-state index in [0.717, 1.165) is 24.8 Å². The minimum Gasteiger partial charge on any atom is -0.269 e. The quantitative estimate of drug-likeness (QED) is 0.791. The van der Waals surface area contributed by atoms with Gasteiger partial charge in [0, 0.05) is 12.2 Å². The molecule has 3 rings (SSSR count). The summed E-state index contributed by atoms with van der Waals surface area (Å²) in [5.74, 6) is 0.251. The maximum absolute atomic E-state index is 11.9. The normalized spacial score (nSPS) is 21.1. The van der Waals surface area contributed by atoms with Crippen molar-refractivity contribution in [3.05, 3.63) is 47.0 Å². The van der Waals surface area contributed by atoms with Crippen LogP contribution in [0.15, 0.2) is 30.4 Å². The average molecular weight is 269 g/mol. The number of benzene rings is 1. The van der Waals surface area contributed by atoms with Crippen LogP contribution >= 0.6 is 0 Å². The van der Waals surface area contributed by atoms with Crippen LogP contribution in [0.1, 0.15) is 43.0 Å². The summed E-state index contributed by atoms with van der Waals surface area (Å²) in [4.78, 5) is 25.1. The van der Waals surface area contributed by atoms with Crippen LogP contribution in [0, 0.1) is 5.92 Å². The summed E-state index contributed by atoms with van der Waals surface area (Å²) >= 11 is 0. The van der Waals surface area contributed by atoms with E-state index in [1.54, 1.807) is 0 Å². The van der Waals surface area contributed by atoms with Crippen LogP contribution in [0.3, 0.4) is 0 Å². The molecule has 2 aliphatic rings. The van der Waals surface area contributed by atoms with Crippen LogP contribution in [0.5, 0.6) is 0 Å². The van der Waals surface area contributed by atoms with Crippen LogP contribution in [0.25, 0.3) is 0 Å². The van der Waals surface area contributed by atoms with E-state index in [1.807, 2.05) is 6.07 Å². The first kappa shape index (κ1) is 13.1. The van der Waals surface area contributed by atoms with Gasteiger partial charge in [0.15, 0.2) is 0 Å².